The number of aliphatic hydroxyl groups excluding tert-OH is 1. The molecule has 0 aromatic heterocycles. The number of nitrogens with zero attached hydrogens (tertiary/aromatic N) is 2. The topological polar surface area (TPSA) is 59.9 Å². The zero-order chi connectivity index (χ0) is 19.3. The lowest BCUT2D eigenvalue weighted by Crippen LogP contribution is -2.37. The van der Waals surface area contributed by atoms with Crippen LogP contribution in [0.25, 0.3) is 0 Å². The van der Waals surface area contributed by atoms with Crippen LogP contribution in [0.15, 0.2) is 29.3 Å². The fourth-order valence-electron chi connectivity index (χ4n) is 3.46. The Bertz CT molecular complexity index is 542. The molecule has 0 unspecified atom stereocenters. The Hall–Kier alpha value is -1.02. The van der Waals surface area contributed by atoms with Gasteiger partial charge in [0.1, 0.15) is 0 Å². The van der Waals surface area contributed by atoms with E-state index in [0.29, 0.717) is 19.1 Å². The summed E-state index contributed by atoms with van der Waals surface area (Å²) in [6, 6.07) is 8.77. The Morgan fingerprint density at radius 3 is 2.39 bits per heavy atom. The molecule has 0 aliphatic carbocycles. The lowest BCUT2D eigenvalue weighted by atomic mass is 9.97. The minimum atomic E-state index is 0. The normalized spacial score (nSPS) is 15.2. The maximum Gasteiger partial charge on any atom is 0.191 e. The van der Waals surface area contributed by atoms with Crippen LogP contribution in [0.3, 0.4) is 0 Å². The quantitative estimate of drug-likeness (QED) is 0.195. The Kier molecular flexibility index (Phi) is 13.3. The lowest BCUT2D eigenvalue weighted by Gasteiger charge is -2.32. The molecular formula is C22H39IN4O. The van der Waals surface area contributed by atoms with Crippen molar-refractivity contribution in [2.45, 2.75) is 58.9 Å². The Morgan fingerprint density at radius 1 is 1.07 bits per heavy atom. The summed E-state index contributed by atoms with van der Waals surface area (Å²) in [5.74, 6) is 1.39. The van der Waals surface area contributed by atoms with Crippen molar-refractivity contribution in [3.8, 4) is 0 Å². The van der Waals surface area contributed by atoms with Gasteiger partial charge in [0, 0.05) is 38.5 Å². The summed E-state index contributed by atoms with van der Waals surface area (Å²) in [6.45, 7) is 9.29. The number of unbranched alkanes of at least 4 members (excludes halogenated alkanes) is 3. The van der Waals surface area contributed by atoms with E-state index in [1.54, 1.807) is 0 Å². The predicted octanol–water partition coefficient (Wildman–Crippen LogP) is 4.15. The zero-order valence-electron chi connectivity index (χ0n) is 17.6. The second-order valence-electron chi connectivity index (χ2n) is 7.46. The van der Waals surface area contributed by atoms with E-state index in [1.165, 1.54) is 36.9 Å². The summed E-state index contributed by atoms with van der Waals surface area (Å²) in [5.41, 5.74) is 2.51. The van der Waals surface area contributed by atoms with Crippen LogP contribution in [0, 0.1) is 5.92 Å². The van der Waals surface area contributed by atoms with E-state index < -0.39 is 0 Å². The number of halogens is 1. The van der Waals surface area contributed by atoms with Crippen LogP contribution in [-0.2, 0) is 6.54 Å². The Balaban J connectivity index is 0.00000392. The molecule has 0 radical (unpaired) electrons. The number of aliphatic imine (C=N–C) groups is 1. The molecule has 1 saturated heterocycles. The second kappa shape index (κ2) is 14.9. The van der Waals surface area contributed by atoms with E-state index in [1.807, 2.05) is 0 Å². The van der Waals surface area contributed by atoms with E-state index in [2.05, 4.69) is 53.6 Å². The molecule has 6 heteroatoms. The Labute approximate surface area is 188 Å². The second-order valence-corrected chi connectivity index (χ2v) is 7.46. The summed E-state index contributed by atoms with van der Waals surface area (Å²) in [7, 11) is 0. The van der Waals surface area contributed by atoms with Crippen molar-refractivity contribution in [3.05, 3.63) is 29.8 Å². The highest BCUT2D eigenvalue weighted by molar-refractivity contribution is 14.0. The van der Waals surface area contributed by atoms with Gasteiger partial charge in [0.2, 0.25) is 0 Å². The minimum absolute atomic E-state index is 0. The van der Waals surface area contributed by atoms with E-state index in [4.69, 9.17) is 4.99 Å². The lowest BCUT2D eigenvalue weighted by molar-refractivity contribution is 0.203. The first kappa shape index (κ1) is 25.0. The van der Waals surface area contributed by atoms with E-state index >= 15 is 0 Å². The standard InChI is InChI=1S/C22H38N4O.HI/c1-3-5-6-7-14-24-22(23-4-2)25-17-19-8-10-21(11-9-19)26-15-12-20(18-27)13-16-26;/h8-11,20,27H,3-7,12-18H2,1-2H3,(H2,23,24,25);1H. The van der Waals surface area contributed by atoms with Gasteiger partial charge in [-0.25, -0.2) is 4.99 Å². The molecule has 0 atom stereocenters. The summed E-state index contributed by atoms with van der Waals surface area (Å²) in [6.07, 6.45) is 7.21. The van der Waals surface area contributed by atoms with Crippen LogP contribution < -0.4 is 15.5 Å². The van der Waals surface area contributed by atoms with Crippen LogP contribution in [-0.4, -0.2) is 43.9 Å². The summed E-state index contributed by atoms with van der Waals surface area (Å²) in [4.78, 5) is 7.14. The van der Waals surface area contributed by atoms with Crippen LogP contribution in [0.1, 0.15) is 57.9 Å². The van der Waals surface area contributed by atoms with Crippen molar-refractivity contribution < 1.29 is 5.11 Å². The average molecular weight is 502 g/mol. The van der Waals surface area contributed by atoms with Gasteiger partial charge in [-0.3, -0.25) is 0 Å². The molecule has 0 amide bonds. The first-order chi connectivity index (χ1) is 13.3. The summed E-state index contributed by atoms with van der Waals surface area (Å²) in [5, 5.41) is 16.0. The Morgan fingerprint density at radius 2 is 1.79 bits per heavy atom. The van der Waals surface area contributed by atoms with Crippen molar-refractivity contribution in [1.82, 2.24) is 10.6 Å². The number of hydrogen-bond acceptors (Lipinski definition) is 3. The highest BCUT2D eigenvalue weighted by atomic mass is 127. The van der Waals surface area contributed by atoms with Crippen molar-refractivity contribution in [3.63, 3.8) is 0 Å². The summed E-state index contributed by atoms with van der Waals surface area (Å²) >= 11 is 0. The number of nitrogens with one attached hydrogen (secondary N) is 2. The highest BCUT2D eigenvalue weighted by Gasteiger charge is 2.18. The molecule has 0 bridgehead atoms. The molecule has 28 heavy (non-hydrogen) atoms. The molecular weight excluding hydrogens is 463 g/mol. The first-order valence-electron chi connectivity index (χ1n) is 10.7. The van der Waals surface area contributed by atoms with Gasteiger partial charge in [-0.15, -0.1) is 24.0 Å². The van der Waals surface area contributed by atoms with Crippen LogP contribution in [0.2, 0.25) is 0 Å². The first-order valence-corrected chi connectivity index (χ1v) is 10.7. The van der Waals surface area contributed by atoms with Gasteiger partial charge in [0.05, 0.1) is 6.54 Å². The fourth-order valence-corrected chi connectivity index (χ4v) is 3.46. The van der Waals surface area contributed by atoms with Crippen molar-refractivity contribution >= 4 is 35.6 Å². The minimum Gasteiger partial charge on any atom is -0.396 e. The number of benzene rings is 1. The highest BCUT2D eigenvalue weighted by Crippen LogP contribution is 2.23. The molecule has 160 valence electrons. The third kappa shape index (κ3) is 8.99. The number of piperidine rings is 1. The molecule has 0 spiro atoms. The number of rotatable bonds is 10. The van der Waals surface area contributed by atoms with Crippen molar-refractivity contribution in [2.24, 2.45) is 10.9 Å². The molecule has 1 aliphatic heterocycles. The van der Waals surface area contributed by atoms with Gasteiger partial charge in [0.15, 0.2) is 5.96 Å². The largest absolute Gasteiger partial charge is 0.396 e. The maximum absolute atomic E-state index is 9.28. The number of guanidine groups is 1. The van der Waals surface area contributed by atoms with Gasteiger partial charge in [0.25, 0.3) is 0 Å². The van der Waals surface area contributed by atoms with Crippen LogP contribution >= 0.6 is 24.0 Å². The fraction of sp³-hybridized carbons (Fsp3) is 0.682. The average Bonchev–Trinajstić information content (AvgIpc) is 2.72. The third-order valence-corrected chi connectivity index (χ3v) is 5.26. The van der Waals surface area contributed by atoms with Crippen molar-refractivity contribution in [1.29, 1.82) is 0 Å². The van der Waals surface area contributed by atoms with Gasteiger partial charge in [-0.1, -0.05) is 38.3 Å². The maximum atomic E-state index is 9.28. The monoisotopic (exact) mass is 502 g/mol. The number of hydrogen-bond donors (Lipinski definition) is 3. The summed E-state index contributed by atoms with van der Waals surface area (Å²) < 4.78 is 0. The predicted molar refractivity (Wildman–Crippen MR) is 131 cm³/mol. The number of aliphatic hydroxyl groups is 1. The third-order valence-electron chi connectivity index (χ3n) is 5.26. The van der Waals surface area contributed by atoms with Gasteiger partial charge in [-0.05, 0) is 49.8 Å². The molecule has 1 aromatic rings. The van der Waals surface area contributed by atoms with E-state index in [9.17, 15) is 5.11 Å². The molecule has 2 rings (SSSR count). The van der Waals surface area contributed by atoms with Crippen LogP contribution in [0.5, 0.6) is 0 Å². The smallest absolute Gasteiger partial charge is 0.191 e. The van der Waals surface area contributed by atoms with Crippen molar-refractivity contribution in [2.75, 3.05) is 37.7 Å². The van der Waals surface area contributed by atoms with Gasteiger partial charge < -0.3 is 20.6 Å². The van der Waals surface area contributed by atoms with E-state index in [0.717, 1.165) is 45.0 Å². The molecule has 3 N–H and O–H groups in total. The molecule has 5 nitrogen and oxygen atoms in total. The van der Waals surface area contributed by atoms with Gasteiger partial charge >= 0.3 is 0 Å². The zero-order valence-corrected chi connectivity index (χ0v) is 20.0. The molecule has 1 fully saturated rings. The molecule has 1 aromatic carbocycles. The number of anilines is 1. The molecule has 1 heterocycles. The molecule has 0 saturated carbocycles. The molecule has 1 aliphatic rings. The van der Waals surface area contributed by atoms with Gasteiger partial charge in [-0.2, -0.15) is 0 Å². The van der Waals surface area contributed by atoms with E-state index in [-0.39, 0.29) is 24.0 Å². The van der Waals surface area contributed by atoms with Crippen LogP contribution in [0.4, 0.5) is 5.69 Å². The SMILES string of the molecule is CCCCCCNC(=NCc1ccc(N2CCC(CO)CC2)cc1)NCC.I.